The zero-order chi connectivity index (χ0) is 28.9. The number of carbonyl (C=O) groups excluding carboxylic acids is 2. The normalized spacial score (nSPS) is 14.1. The summed E-state index contributed by atoms with van der Waals surface area (Å²) in [5.41, 5.74) is 1.05. The fraction of sp³-hybridized carbons (Fsp3) is 0.419. The Bertz CT molecular complexity index is 1170. The number of hydrogen-bond acceptors (Lipinski definition) is 9. The summed E-state index contributed by atoms with van der Waals surface area (Å²) in [6, 6.07) is 8.34. The number of benzene rings is 2. The van der Waals surface area contributed by atoms with Gasteiger partial charge in [-0.3, -0.25) is 14.5 Å². The van der Waals surface area contributed by atoms with Crippen molar-refractivity contribution >= 4 is 11.8 Å². The van der Waals surface area contributed by atoms with E-state index < -0.39 is 11.9 Å². The smallest absolute Gasteiger partial charge is 0.313 e. The third-order valence-electron chi connectivity index (χ3n) is 6.52. The van der Waals surface area contributed by atoms with Gasteiger partial charge in [0.05, 0.1) is 38.9 Å². The van der Waals surface area contributed by atoms with Gasteiger partial charge in [0, 0.05) is 31.3 Å². The van der Waals surface area contributed by atoms with E-state index in [1.165, 1.54) is 7.11 Å². The van der Waals surface area contributed by atoms with E-state index in [1.807, 2.05) is 6.92 Å². The molecule has 2 aromatic rings. The second-order valence-corrected chi connectivity index (χ2v) is 9.07. The lowest BCUT2D eigenvalue weighted by Gasteiger charge is -2.26. The summed E-state index contributed by atoms with van der Waals surface area (Å²) in [6.45, 7) is 13.9. The van der Waals surface area contributed by atoms with E-state index in [9.17, 15) is 9.59 Å². The van der Waals surface area contributed by atoms with Crippen molar-refractivity contribution < 1.29 is 38.0 Å². The standard InChI is InChI=1S/C31H39NO8/c1-6-14-38-23-20-25(24(8-3)31(34)36-5)29(28(21-23)39-15-7-2)30(33)22-9-10-26(35-4)27(19-22)40-18-13-32-11-16-37-17-12-32/h6-7,9-10,19-21,24H,1-2,8,11-18H2,3-5H3. The monoisotopic (exact) mass is 553 g/mol. The van der Waals surface area contributed by atoms with Gasteiger partial charge in [-0.05, 0) is 36.2 Å². The van der Waals surface area contributed by atoms with Crippen molar-refractivity contribution in [2.45, 2.75) is 19.3 Å². The molecular weight excluding hydrogens is 514 g/mol. The molecule has 0 bridgehead atoms. The number of methoxy groups -OCH3 is 2. The van der Waals surface area contributed by atoms with Gasteiger partial charge in [0.2, 0.25) is 0 Å². The molecule has 0 saturated carbocycles. The minimum absolute atomic E-state index is 0.151. The van der Waals surface area contributed by atoms with Gasteiger partial charge in [-0.2, -0.15) is 0 Å². The van der Waals surface area contributed by atoms with Gasteiger partial charge in [0.15, 0.2) is 17.3 Å². The molecule has 9 nitrogen and oxygen atoms in total. The highest BCUT2D eigenvalue weighted by Crippen LogP contribution is 2.38. The van der Waals surface area contributed by atoms with E-state index in [1.54, 1.807) is 49.6 Å². The first-order valence-electron chi connectivity index (χ1n) is 13.4. The van der Waals surface area contributed by atoms with Gasteiger partial charge >= 0.3 is 5.97 Å². The summed E-state index contributed by atoms with van der Waals surface area (Å²) in [5, 5.41) is 0. The Labute approximate surface area is 236 Å². The molecule has 1 saturated heterocycles. The molecule has 3 rings (SSSR count). The van der Waals surface area contributed by atoms with Crippen LogP contribution in [0.15, 0.2) is 55.6 Å². The minimum atomic E-state index is -0.718. The fourth-order valence-electron chi connectivity index (χ4n) is 4.47. The zero-order valence-corrected chi connectivity index (χ0v) is 23.6. The van der Waals surface area contributed by atoms with Crippen LogP contribution in [0.3, 0.4) is 0 Å². The Morgan fingerprint density at radius 1 is 0.975 bits per heavy atom. The van der Waals surface area contributed by atoms with E-state index in [4.69, 9.17) is 28.4 Å². The highest BCUT2D eigenvalue weighted by atomic mass is 16.5. The maximum absolute atomic E-state index is 14.1. The average molecular weight is 554 g/mol. The Kier molecular flexibility index (Phi) is 12.0. The number of morpholine rings is 1. The molecule has 2 aromatic carbocycles. The Morgan fingerprint density at radius 2 is 1.70 bits per heavy atom. The lowest BCUT2D eigenvalue weighted by molar-refractivity contribution is -0.142. The van der Waals surface area contributed by atoms with E-state index in [-0.39, 0.29) is 30.3 Å². The molecule has 1 aliphatic heterocycles. The molecule has 9 heteroatoms. The number of rotatable bonds is 16. The Balaban J connectivity index is 2.03. The average Bonchev–Trinajstić information content (AvgIpc) is 2.99. The number of ether oxygens (including phenoxy) is 6. The third-order valence-corrected chi connectivity index (χ3v) is 6.52. The SMILES string of the molecule is C=CCOc1cc(OCC=C)c(C(=O)c2ccc(OC)c(OCCN3CCOCC3)c2)c(C(CC)C(=O)OC)c1. The van der Waals surface area contributed by atoms with Gasteiger partial charge in [0.25, 0.3) is 0 Å². The lowest BCUT2D eigenvalue weighted by atomic mass is 9.87. The predicted octanol–water partition coefficient (Wildman–Crippen LogP) is 4.43. The van der Waals surface area contributed by atoms with Crippen molar-refractivity contribution in [3.05, 3.63) is 72.3 Å². The summed E-state index contributed by atoms with van der Waals surface area (Å²) in [5.74, 6) is 0.147. The van der Waals surface area contributed by atoms with E-state index in [0.717, 1.165) is 19.6 Å². The Hall–Kier alpha value is -3.82. The number of esters is 1. The van der Waals surface area contributed by atoms with Crippen molar-refractivity contribution in [2.75, 3.05) is 66.9 Å². The first-order chi connectivity index (χ1) is 19.5. The quantitative estimate of drug-likeness (QED) is 0.170. The molecule has 1 aliphatic rings. The molecule has 1 unspecified atom stereocenters. The summed E-state index contributed by atoms with van der Waals surface area (Å²) < 4.78 is 33.7. The van der Waals surface area contributed by atoms with Gasteiger partial charge < -0.3 is 28.4 Å². The Morgan fingerprint density at radius 3 is 2.35 bits per heavy atom. The lowest BCUT2D eigenvalue weighted by Crippen LogP contribution is -2.38. The first kappa shape index (κ1) is 30.7. The molecule has 216 valence electrons. The molecule has 40 heavy (non-hydrogen) atoms. The minimum Gasteiger partial charge on any atom is -0.493 e. The number of ketones is 1. The molecule has 1 atom stereocenters. The van der Waals surface area contributed by atoms with Crippen LogP contribution in [0, 0.1) is 0 Å². The van der Waals surface area contributed by atoms with Gasteiger partial charge in [-0.15, -0.1) is 0 Å². The summed E-state index contributed by atoms with van der Waals surface area (Å²) in [4.78, 5) is 29.2. The van der Waals surface area contributed by atoms with Crippen LogP contribution < -0.4 is 18.9 Å². The summed E-state index contributed by atoms with van der Waals surface area (Å²) in [7, 11) is 2.87. The topological polar surface area (TPSA) is 92.8 Å². The maximum atomic E-state index is 14.1. The third kappa shape index (κ3) is 7.86. The summed E-state index contributed by atoms with van der Waals surface area (Å²) >= 11 is 0. The maximum Gasteiger partial charge on any atom is 0.313 e. The van der Waals surface area contributed by atoms with Crippen LogP contribution in [0.4, 0.5) is 0 Å². The number of nitrogens with zero attached hydrogens (tertiary/aromatic N) is 1. The molecule has 0 amide bonds. The zero-order valence-electron chi connectivity index (χ0n) is 23.6. The molecule has 0 spiro atoms. The van der Waals surface area contributed by atoms with Crippen molar-refractivity contribution in [1.82, 2.24) is 4.90 Å². The molecule has 0 aliphatic carbocycles. The highest BCUT2D eigenvalue weighted by Gasteiger charge is 2.30. The molecular formula is C31H39NO8. The van der Waals surface area contributed by atoms with Crippen LogP contribution >= 0.6 is 0 Å². The van der Waals surface area contributed by atoms with E-state index in [2.05, 4.69) is 18.1 Å². The van der Waals surface area contributed by atoms with Crippen LogP contribution in [0.2, 0.25) is 0 Å². The molecule has 1 fully saturated rings. The second kappa shape index (κ2) is 15.7. The number of carbonyl (C=O) groups is 2. The largest absolute Gasteiger partial charge is 0.493 e. The van der Waals surface area contributed by atoms with Gasteiger partial charge in [-0.25, -0.2) is 0 Å². The van der Waals surface area contributed by atoms with Crippen molar-refractivity contribution in [2.24, 2.45) is 0 Å². The van der Waals surface area contributed by atoms with Crippen LogP contribution in [0.25, 0.3) is 0 Å². The molecule has 0 radical (unpaired) electrons. The van der Waals surface area contributed by atoms with Crippen LogP contribution in [0.5, 0.6) is 23.0 Å². The van der Waals surface area contributed by atoms with Crippen LogP contribution in [-0.4, -0.2) is 83.5 Å². The number of hydrogen-bond donors (Lipinski definition) is 0. The molecule has 1 heterocycles. The molecule has 0 N–H and O–H groups in total. The fourth-order valence-corrected chi connectivity index (χ4v) is 4.47. The van der Waals surface area contributed by atoms with Crippen molar-refractivity contribution in [3.8, 4) is 23.0 Å². The van der Waals surface area contributed by atoms with Crippen molar-refractivity contribution in [3.63, 3.8) is 0 Å². The van der Waals surface area contributed by atoms with E-state index in [0.29, 0.717) is 54.6 Å². The van der Waals surface area contributed by atoms with Crippen molar-refractivity contribution in [1.29, 1.82) is 0 Å². The molecule has 0 aromatic heterocycles. The summed E-state index contributed by atoms with van der Waals surface area (Å²) in [6.07, 6.45) is 3.59. The second-order valence-electron chi connectivity index (χ2n) is 9.07. The highest BCUT2D eigenvalue weighted by molar-refractivity contribution is 6.13. The van der Waals surface area contributed by atoms with Gasteiger partial charge in [0.1, 0.15) is 31.3 Å². The van der Waals surface area contributed by atoms with Gasteiger partial charge in [-0.1, -0.05) is 32.2 Å². The van der Waals surface area contributed by atoms with E-state index >= 15 is 0 Å². The first-order valence-corrected chi connectivity index (χ1v) is 13.4. The van der Waals surface area contributed by atoms with Crippen LogP contribution in [-0.2, 0) is 14.3 Å². The van der Waals surface area contributed by atoms with Crippen LogP contribution in [0.1, 0.15) is 40.7 Å². The predicted molar refractivity (Wildman–Crippen MR) is 152 cm³/mol.